The number of benzene rings is 1. The van der Waals surface area contributed by atoms with Crippen molar-refractivity contribution < 1.29 is 4.79 Å². The molecule has 0 saturated heterocycles. The molecule has 0 radical (unpaired) electrons. The van der Waals surface area contributed by atoms with E-state index in [1.807, 2.05) is 13.0 Å². The molecule has 0 aliphatic carbocycles. The van der Waals surface area contributed by atoms with Crippen molar-refractivity contribution in [2.45, 2.75) is 6.92 Å². The predicted molar refractivity (Wildman–Crippen MR) is 52.0 cm³/mol. The normalized spacial score (nSPS) is 9.73. The number of halogens is 2. The third kappa shape index (κ3) is 1.91. The fourth-order valence-corrected chi connectivity index (χ4v) is 1.61. The van der Waals surface area contributed by atoms with Crippen LogP contribution in [0.25, 0.3) is 0 Å². The van der Waals surface area contributed by atoms with Crippen LogP contribution in [0.3, 0.4) is 0 Å². The monoisotopic (exact) mass is 276 g/mol. The van der Waals surface area contributed by atoms with Crippen LogP contribution in [0.5, 0.6) is 0 Å². The standard InChI is InChI=1S/C8H6Br2O/c1-5-2-7(9)8(10)3-6(5)4-11/h2-4H,1H3. The second-order valence-electron chi connectivity index (χ2n) is 2.24. The van der Waals surface area contributed by atoms with Crippen molar-refractivity contribution in [3.8, 4) is 0 Å². The minimum Gasteiger partial charge on any atom is -0.298 e. The highest BCUT2D eigenvalue weighted by Crippen LogP contribution is 2.25. The highest BCUT2D eigenvalue weighted by atomic mass is 79.9. The molecule has 0 saturated carbocycles. The molecule has 1 aromatic rings. The number of rotatable bonds is 1. The van der Waals surface area contributed by atoms with Gasteiger partial charge in [0.05, 0.1) is 0 Å². The molecule has 3 heteroatoms. The van der Waals surface area contributed by atoms with Gasteiger partial charge in [-0.3, -0.25) is 4.79 Å². The molecule has 1 aromatic carbocycles. The summed E-state index contributed by atoms with van der Waals surface area (Å²) in [5.41, 5.74) is 1.70. The first kappa shape index (κ1) is 8.94. The van der Waals surface area contributed by atoms with Crippen LogP contribution in [0.15, 0.2) is 21.1 Å². The van der Waals surface area contributed by atoms with Crippen molar-refractivity contribution in [1.29, 1.82) is 0 Å². The minimum atomic E-state index is 0.722. The number of carbonyl (C=O) groups excluding carboxylic acids is 1. The average Bonchev–Trinajstić information content (AvgIpc) is 1.97. The molecule has 0 aromatic heterocycles. The van der Waals surface area contributed by atoms with E-state index in [0.717, 1.165) is 26.4 Å². The largest absolute Gasteiger partial charge is 0.298 e. The SMILES string of the molecule is Cc1cc(Br)c(Br)cc1C=O. The van der Waals surface area contributed by atoms with Crippen LogP contribution in [-0.4, -0.2) is 6.29 Å². The van der Waals surface area contributed by atoms with Crippen LogP contribution in [0.4, 0.5) is 0 Å². The van der Waals surface area contributed by atoms with E-state index in [9.17, 15) is 4.79 Å². The number of aryl methyl sites for hydroxylation is 1. The van der Waals surface area contributed by atoms with Gasteiger partial charge in [-0.25, -0.2) is 0 Å². The maximum Gasteiger partial charge on any atom is 0.150 e. The summed E-state index contributed by atoms with van der Waals surface area (Å²) >= 11 is 6.66. The van der Waals surface area contributed by atoms with E-state index in [0.29, 0.717) is 0 Å². The van der Waals surface area contributed by atoms with Crippen molar-refractivity contribution in [3.63, 3.8) is 0 Å². The number of hydrogen-bond donors (Lipinski definition) is 0. The van der Waals surface area contributed by atoms with Gasteiger partial charge in [0, 0.05) is 14.5 Å². The summed E-state index contributed by atoms with van der Waals surface area (Å²) < 4.78 is 1.88. The quantitative estimate of drug-likeness (QED) is 0.720. The van der Waals surface area contributed by atoms with Crippen LogP contribution in [-0.2, 0) is 0 Å². The highest BCUT2D eigenvalue weighted by Gasteiger charge is 2.01. The summed E-state index contributed by atoms with van der Waals surface area (Å²) in [7, 11) is 0. The van der Waals surface area contributed by atoms with Gasteiger partial charge in [0.25, 0.3) is 0 Å². The molecular formula is C8H6Br2O. The van der Waals surface area contributed by atoms with Gasteiger partial charge in [0.15, 0.2) is 0 Å². The van der Waals surface area contributed by atoms with Gasteiger partial charge >= 0.3 is 0 Å². The van der Waals surface area contributed by atoms with Gasteiger partial charge in [-0.2, -0.15) is 0 Å². The Bertz CT molecular complexity index is 294. The number of hydrogen-bond acceptors (Lipinski definition) is 1. The zero-order valence-electron chi connectivity index (χ0n) is 5.90. The summed E-state index contributed by atoms with van der Waals surface area (Å²) in [6, 6.07) is 3.71. The highest BCUT2D eigenvalue weighted by molar-refractivity contribution is 9.13. The molecule has 0 aliphatic heterocycles. The Labute approximate surface area is 82.1 Å². The van der Waals surface area contributed by atoms with Crippen molar-refractivity contribution in [1.82, 2.24) is 0 Å². The zero-order chi connectivity index (χ0) is 8.43. The Morgan fingerprint density at radius 2 is 1.82 bits per heavy atom. The van der Waals surface area contributed by atoms with Crippen molar-refractivity contribution in [2.75, 3.05) is 0 Å². The Kier molecular flexibility index (Phi) is 2.84. The van der Waals surface area contributed by atoms with Crippen LogP contribution in [0.1, 0.15) is 15.9 Å². The summed E-state index contributed by atoms with van der Waals surface area (Å²) in [5.74, 6) is 0. The van der Waals surface area contributed by atoms with Crippen molar-refractivity contribution >= 4 is 38.1 Å². The van der Waals surface area contributed by atoms with E-state index < -0.39 is 0 Å². The molecule has 0 unspecified atom stereocenters. The Morgan fingerprint density at radius 3 is 2.36 bits per heavy atom. The molecule has 0 aliphatic rings. The lowest BCUT2D eigenvalue weighted by molar-refractivity contribution is 0.112. The Hall–Kier alpha value is -0.150. The minimum absolute atomic E-state index is 0.722. The average molecular weight is 278 g/mol. The van der Waals surface area contributed by atoms with E-state index in [1.54, 1.807) is 6.07 Å². The molecule has 0 bridgehead atoms. The molecular weight excluding hydrogens is 272 g/mol. The number of aldehydes is 1. The summed E-state index contributed by atoms with van der Waals surface area (Å²) in [6.45, 7) is 1.90. The van der Waals surface area contributed by atoms with E-state index in [2.05, 4.69) is 31.9 Å². The molecule has 0 spiro atoms. The van der Waals surface area contributed by atoms with E-state index >= 15 is 0 Å². The molecule has 0 atom stereocenters. The summed E-state index contributed by atoms with van der Waals surface area (Å²) in [6.07, 6.45) is 0.854. The lowest BCUT2D eigenvalue weighted by Gasteiger charge is -2.00. The lowest BCUT2D eigenvalue weighted by Crippen LogP contribution is -1.86. The number of carbonyl (C=O) groups is 1. The van der Waals surface area contributed by atoms with Gasteiger partial charge in [0.2, 0.25) is 0 Å². The maximum atomic E-state index is 10.5. The van der Waals surface area contributed by atoms with E-state index in [1.165, 1.54) is 0 Å². The topological polar surface area (TPSA) is 17.1 Å². The third-order valence-electron chi connectivity index (χ3n) is 1.44. The smallest absolute Gasteiger partial charge is 0.150 e. The van der Waals surface area contributed by atoms with Crippen LogP contribution in [0, 0.1) is 6.92 Å². The van der Waals surface area contributed by atoms with Gasteiger partial charge in [0.1, 0.15) is 6.29 Å². The van der Waals surface area contributed by atoms with Gasteiger partial charge in [-0.15, -0.1) is 0 Å². The third-order valence-corrected chi connectivity index (χ3v) is 3.28. The van der Waals surface area contributed by atoms with Crippen LogP contribution in [0.2, 0.25) is 0 Å². The van der Waals surface area contributed by atoms with Crippen LogP contribution >= 0.6 is 31.9 Å². The Morgan fingerprint density at radius 1 is 1.27 bits per heavy atom. The molecule has 0 fully saturated rings. The molecule has 1 rings (SSSR count). The first-order chi connectivity index (χ1) is 5.15. The fourth-order valence-electron chi connectivity index (χ4n) is 0.789. The fraction of sp³-hybridized carbons (Fsp3) is 0.125. The molecule has 58 valence electrons. The second kappa shape index (κ2) is 3.50. The molecule has 0 N–H and O–H groups in total. The molecule has 11 heavy (non-hydrogen) atoms. The Balaban J connectivity index is 3.31. The molecule has 0 heterocycles. The first-order valence-corrected chi connectivity index (χ1v) is 4.64. The van der Waals surface area contributed by atoms with Crippen molar-refractivity contribution in [2.24, 2.45) is 0 Å². The van der Waals surface area contributed by atoms with Crippen molar-refractivity contribution in [3.05, 3.63) is 32.2 Å². The van der Waals surface area contributed by atoms with Gasteiger partial charge in [-0.05, 0) is 56.5 Å². The van der Waals surface area contributed by atoms with Gasteiger partial charge < -0.3 is 0 Å². The maximum absolute atomic E-state index is 10.5. The summed E-state index contributed by atoms with van der Waals surface area (Å²) in [5, 5.41) is 0. The van der Waals surface area contributed by atoms with E-state index in [-0.39, 0.29) is 0 Å². The van der Waals surface area contributed by atoms with Gasteiger partial charge in [-0.1, -0.05) is 0 Å². The lowest BCUT2D eigenvalue weighted by atomic mass is 10.1. The zero-order valence-corrected chi connectivity index (χ0v) is 9.07. The molecule has 1 nitrogen and oxygen atoms in total. The molecule has 0 amide bonds. The predicted octanol–water partition coefficient (Wildman–Crippen LogP) is 3.33. The van der Waals surface area contributed by atoms with E-state index in [4.69, 9.17) is 0 Å². The first-order valence-electron chi connectivity index (χ1n) is 3.06. The van der Waals surface area contributed by atoms with Crippen LogP contribution < -0.4 is 0 Å². The summed E-state index contributed by atoms with van der Waals surface area (Å²) in [4.78, 5) is 10.5. The second-order valence-corrected chi connectivity index (χ2v) is 3.95.